The maximum absolute atomic E-state index is 12.6. The largest absolute Gasteiger partial charge is 0.574 e. The van der Waals surface area contributed by atoms with E-state index < -0.39 is 18.2 Å². The number of nitrogens with two attached hydrogens (primary N) is 1. The van der Waals surface area contributed by atoms with Gasteiger partial charge in [0.1, 0.15) is 0 Å². The van der Waals surface area contributed by atoms with Crippen molar-refractivity contribution in [3.05, 3.63) is 23.6 Å². The molecule has 0 atom stereocenters. The first-order valence-corrected chi connectivity index (χ1v) is 3.53. The van der Waals surface area contributed by atoms with E-state index in [2.05, 4.69) is 9.72 Å². The van der Waals surface area contributed by atoms with Gasteiger partial charge in [0, 0.05) is 12.6 Å². The number of hydrogen-bond donors (Lipinski definition) is 1. The molecule has 0 aromatic carbocycles. The number of alkyl halides is 3. The van der Waals surface area contributed by atoms with Crippen molar-refractivity contribution in [2.45, 2.75) is 12.9 Å². The molecule has 0 unspecified atom stereocenters. The highest BCUT2D eigenvalue weighted by Crippen LogP contribution is 2.21. The van der Waals surface area contributed by atoms with Gasteiger partial charge in [-0.1, -0.05) is 0 Å². The number of halogens is 4. The minimum Gasteiger partial charge on any atom is -0.388 e. The lowest BCUT2D eigenvalue weighted by atomic mass is 10.3. The average molecular weight is 210 g/mol. The molecule has 3 nitrogen and oxygen atoms in total. The SMILES string of the molecule is NCc1cc(F)nc(OC(F)(F)F)c1. The molecule has 1 aromatic heterocycles. The van der Waals surface area contributed by atoms with Crippen molar-refractivity contribution < 1.29 is 22.3 Å². The molecule has 2 N–H and O–H groups in total. The molecule has 1 aromatic rings. The second-order valence-corrected chi connectivity index (χ2v) is 2.39. The number of hydrogen-bond acceptors (Lipinski definition) is 3. The smallest absolute Gasteiger partial charge is 0.388 e. The number of ether oxygens (including phenoxy) is 1. The van der Waals surface area contributed by atoms with Crippen molar-refractivity contribution in [2.75, 3.05) is 0 Å². The van der Waals surface area contributed by atoms with Crippen LogP contribution in [-0.4, -0.2) is 11.3 Å². The first-order valence-electron chi connectivity index (χ1n) is 3.53. The number of aromatic nitrogens is 1. The van der Waals surface area contributed by atoms with E-state index in [0.717, 1.165) is 12.1 Å². The molecule has 0 aliphatic rings. The normalized spacial score (nSPS) is 11.5. The number of rotatable bonds is 2. The summed E-state index contributed by atoms with van der Waals surface area (Å²) in [5.74, 6) is -1.91. The van der Waals surface area contributed by atoms with Crippen LogP contribution < -0.4 is 10.5 Å². The standard InChI is InChI=1S/C7H6F4N2O/c8-5-1-4(3-12)2-6(13-5)14-7(9,10)11/h1-2H,3,12H2. The molecule has 0 saturated carbocycles. The summed E-state index contributed by atoms with van der Waals surface area (Å²) in [5, 5.41) is 0. The van der Waals surface area contributed by atoms with E-state index in [0.29, 0.717) is 0 Å². The van der Waals surface area contributed by atoms with E-state index in [1.807, 2.05) is 0 Å². The average Bonchev–Trinajstić information content (AvgIpc) is 1.99. The van der Waals surface area contributed by atoms with E-state index in [9.17, 15) is 17.6 Å². The van der Waals surface area contributed by atoms with Crippen molar-refractivity contribution >= 4 is 0 Å². The van der Waals surface area contributed by atoms with Crippen molar-refractivity contribution in [1.82, 2.24) is 4.98 Å². The van der Waals surface area contributed by atoms with Crippen LogP contribution in [0.5, 0.6) is 5.88 Å². The van der Waals surface area contributed by atoms with Gasteiger partial charge in [0.25, 0.3) is 0 Å². The highest BCUT2D eigenvalue weighted by molar-refractivity contribution is 5.21. The summed E-state index contributed by atoms with van der Waals surface area (Å²) in [6.45, 7) is -0.0896. The summed E-state index contributed by atoms with van der Waals surface area (Å²) >= 11 is 0. The fourth-order valence-electron chi connectivity index (χ4n) is 0.812. The molecule has 0 spiro atoms. The first-order chi connectivity index (χ1) is 6.40. The van der Waals surface area contributed by atoms with Gasteiger partial charge in [-0.25, -0.2) is 0 Å². The summed E-state index contributed by atoms with van der Waals surface area (Å²) in [7, 11) is 0. The maximum atomic E-state index is 12.6. The molecular weight excluding hydrogens is 204 g/mol. The van der Waals surface area contributed by atoms with Crippen LogP contribution in [0.3, 0.4) is 0 Å². The van der Waals surface area contributed by atoms with E-state index in [1.54, 1.807) is 0 Å². The fraction of sp³-hybridized carbons (Fsp3) is 0.286. The second kappa shape index (κ2) is 3.79. The minimum atomic E-state index is -4.88. The van der Waals surface area contributed by atoms with Gasteiger partial charge in [0.15, 0.2) is 0 Å². The monoisotopic (exact) mass is 210 g/mol. The molecule has 14 heavy (non-hydrogen) atoms. The lowest BCUT2D eigenvalue weighted by molar-refractivity contribution is -0.276. The van der Waals surface area contributed by atoms with E-state index in [-0.39, 0.29) is 12.1 Å². The van der Waals surface area contributed by atoms with E-state index >= 15 is 0 Å². The van der Waals surface area contributed by atoms with Gasteiger partial charge >= 0.3 is 6.36 Å². The van der Waals surface area contributed by atoms with Crippen LogP contribution in [0.2, 0.25) is 0 Å². The Labute approximate surface area is 76.5 Å². The van der Waals surface area contributed by atoms with Crippen LogP contribution >= 0.6 is 0 Å². The predicted octanol–water partition coefficient (Wildman–Crippen LogP) is 1.58. The Balaban J connectivity index is 2.92. The van der Waals surface area contributed by atoms with Gasteiger partial charge in [-0.2, -0.15) is 9.37 Å². The van der Waals surface area contributed by atoms with Gasteiger partial charge in [0.2, 0.25) is 11.8 Å². The van der Waals surface area contributed by atoms with Gasteiger partial charge in [-0.15, -0.1) is 13.2 Å². The maximum Gasteiger partial charge on any atom is 0.574 e. The first kappa shape index (κ1) is 10.7. The topological polar surface area (TPSA) is 48.1 Å². The molecule has 78 valence electrons. The van der Waals surface area contributed by atoms with Crippen molar-refractivity contribution in [3.63, 3.8) is 0 Å². The fourth-order valence-corrected chi connectivity index (χ4v) is 0.812. The Hall–Kier alpha value is -1.37. The Kier molecular flexibility index (Phi) is 2.90. The van der Waals surface area contributed by atoms with E-state index in [4.69, 9.17) is 5.73 Å². The zero-order valence-corrected chi connectivity index (χ0v) is 6.81. The molecule has 0 saturated heterocycles. The van der Waals surface area contributed by atoms with E-state index in [1.165, 1.54) is 0 Å². The van der Waals surface area contributed by atoms with Gasteiger partial charge in [0.05, 0.1) is 0 Å². The Morgan fingerprint density at radius 1 is 1.36 bits per heavy atom. The zero-order chi connectivity index (χ0) is 10.8. The third-order valence-electron chi connectivity index (χ3n) is 1.29. The zero-order valence-electron chi connectivity index (χ0n) is 6.81. The minimum absolute atomic E-state index is 0.0896. The molecule has 7 heteroatoms. The predicted molar refractivity (Wildman–Crippen MR) is 38.8 cm³/mol. The number of nitrogens with zero attached hydrogens (tertiary/aromatic N) is 1. The van der Waals surface area contributed by atoms with Gasteiger partial charge in [-0.3, -0.25) is 0 Å². The molecule has 0 fully saturated rings. The number of pyridine rings is 1. The second-order valence-electron chi connectivity index (χ2n) is 2.39. The molecule has 0 aliphatic carbocycles. The molecule has 0 radical (unpaired) electrons. The molecule has 0 amide bonds. The summed E-state index contributed by atoms with van der Waals surface area (Å²) in [5.41, 5.74) is 5.30. The third-order valence-corrected chi connectivity index (χ3v) is 1.29. The molecule has 1 rings (SSSR count). The summed E-state index contributed by atoms with van der Waals surface area (Å²) in [4.78, 5) is 2.90. The quantitative estimate of drug-likeness (QED) is 0.595. The van der Waals surface area contributed by atoms with Crippen LogP contribution in [0.15, 0.2) is 12.1 Å². The Bertz CT molecular complexity index is 326. The summed E-state index contributed by atoms with van der Waals surface area (Å²) < 4.78 is 51.1. The highest BCUT2D eigenvalue weighted by atomic mass is 19.4. The van der Waals surface area contributed by atoms with Crippen LogP contribution in [0.4, 0.5) is 17.6 Å². The van der Waals surface area contributed by atoms with Crippen LogP contribution in [0.1, 0.15) is 5.56 Å². The van der Waals surface area contributed by atoms with Crippen LogP contribution in [0, 0.1) is 5.95 Å². The third kappa shape index (κ3) is 3.17. The van der Waals surface area contributed by atoms with Crippen LogP contribution in [-0.2, 0) is 6.54 Å². The Morgan fingerprint density at radius 3 is 2.50 bits per heavy atom. The molecule has 0 bridgehead atoms. The molecule has 1 heterocycles. The lowest BCUT2D eigenvalue weighted by Gasteiger charge is -2.08. The molecule has 0 aliphatic heterocycles. The lowest BCUT2D eigenvalue weighted by Crippen LogP contribution is -2.18. The Morgan fingerprint density at radius 2 is 2.00 bits per heavy atom. The summed E-state index contributed by atoms with van der Waals surface area (Å²) in [6, 6.07) is 1.86. The van der Waals surface area contributed by atoms with Crippen LogP contribution in [0.25, 0.3) is 0 Å². The van der Waals surface area contributed by atoms with Gasteiger partial charge in [-0.05, 0) is 11.6 Å². The van der Waals surface area contributed by atoms with Crippen molar-refractivity contribution in [2.24, 2.45) is 5.73 Å². The summed E-state index contributed by atoms with van der Waals surface area (Å²) in [6.07, 6.45) is -4.88. The highest BCUT2D eigenvalue weighted by Gasteiger charge is 2.32. The van der Waals surface area contributed by atoms with Crippen molar-refractivity contribution in [1.29, 1.82) is 0 Å². The molecular formula is C7H6F4N2O. The van der Waals surface area contributed by atoms with Crippen molar-refractivity contribution in [3.8, 4) is 5.88 Å². The van der Waals surface area contributed by atoms with Gasteiger partial charge < -0.3 is 10.5 Å².